The molecule has 26 heavy (non-hydrogen) atoms. The van der Waals surface area contributed by atoms with Gasteiger partial charge in [-0.05, 0) is 31.1 Å². The Labute approximate surface area is 154 Å². The molecular weight excluding hydrogens is 338 g/mol. The van der Waals surface area contributed by atoms with Crippen LogP contribution in [0.25, 0.3) is 0 Å². The van der Waals surface area contributed by atoms with E-state index in [1.807, 2.05) is 0 Å². The van der Waals surface area contributed by atoms with Crippen molar-refractivity contribution in [2.24, 2.45) is 17.3 Å². The highest BCUT2D eigenvalue weighted by atomic mass is 17.3. The molecule has 0 radical (unpaired) electrons. The monoisotopic (exact) mass is 367 g/mol. The molecule has 2 amide bonds. The standard InChI is InChI=1S/C19H29NO6/c1-13-6-7-14-12-18(13,17(14,2)3)25-26-19(23-4,24-5)10-11-20-15(21)8-9-16(20)22/h8-9,13-14H,6-7,10-12H2,1-5H3. The molecule has 4 aliphatic rings. The van der Waals surface area contributed by atoms with E-state index in [9.17, 15) is 9.59 Å². The lowest BCUT2D eigenvalue weighted by atomic mass is 9.43. The second-order valence-corrected chi connectivity index (χ2v) is 8.16. The van der Waals surface area contributed by atoms with Gasteiger partial charge < -0.3 is 9.47 Å². The summed E-state index contributed by atoms with van der Waals surface area (Å²) in [7, 11) is 2.91. The van der Waals surface area contributed by atoms with E-state index < -0.39 is 5.97 Å². The maximum Gasteiger partial charge on any atom is 0.313 e. The summed E-state index contributed by atoms with van der Waals surface area (Å²) < 4.78 is 10.9. The first kappa shape index (κ1) is 19.5. The molecule has 3 atom stereocenters. The number of amides is 2. The molecule has 3 saturated carbocycles. The molecule has 3 fully saturated rings. The predicted molar refractivity (Wildman–Crippen MR) is 92.4 cm³/mol. The first-order valence-electron chi connectivity index (χ1n) is 9.22. The van der Waals surface area contributed by atoms with Gasteiger partial charge in [0.1, 0.15) is 5.60 Å². The van der Waals surface area contributed by atoms with Gasteiger partial charge >= 0.3 is 5.97 Å². The van der Waals surface area contributed by atoms with Crippen molar-refractivity contribution in [3.05, 3.63) is 12.2 Å². The summed E-state index contributed by atoms with van der Waals surface area (Å²) in [5.74, 6) is -1.18. The molecule has 2 bridgehead atoms. The van der Waals surface area contributed by atoms with Crippen LogP contribution < -0.4 is 0 Å². The number of imide groups is 1. The zero-order valence-electron chi connectivity index (χ0n) is 16.2. The van der Waals surface area contributed by atoms with Gasteiger partial charge in [-0.25, -0.2) is 4.89 Å². The number of rotatable bonds is 8. The number of methoxy groups -OCH3 is 2. The lowest BCUT2D eigenvalue weighted by molar-refractivity contribution is -0.554. The van der Waals surface area contributed by atoms with Gasteiger partial charge in [0.25, 0.3) is 11.8 Å². The number of hydrogen-bond acceptors (Lipinski definition) is 6. The van der Waals surface area contributed by atoms with E-state index >= 15 is 0 Å². The molecule has 146 valence electrons. The number of carbonyl (C=O) groups is 2. The first-order chi connectivity index (χ1) is 12.2. The highest BCUT2D eigenvalue weighted by Crippen LogP contribution is 2.66. The normalized spacial score (nSPS) is 32.9. The van der Waals surface area contributed by atoms with Gasteiger partial charge in [-0.3, -0.25) is 14.5 Å². The molecule has 0 aromatic carbocycles. The Morgan fingerprint density at radius 1 is 1.15 bits per heavy atom. The summed E-state index contributed by atoms with van der Waals surface area (Å²) in [6.45, 7) is 6.74. The van der Waals surface area contributed by atoms with Gasteiger partial charge in [-0.1, -0.05) is 20.8 Å². The zero-order chi connectivity index (χ0) is 19.2. The van der Waals surface area contributed by atoms with Crippen LogP contribution in [-0.2, 0) is 28.8 Å². The van der Waals surface area contributed by atoms with E-state index in [-0.39, 0.29) is 35.8 Å². The van der Waals surface area contributed by atoms with Crippen molar-refractivity contribution < 1.29 is 28.8 Å². The van der Waals surface area contributed by atoms with Crippen LogP contribution in [0.4, 0.5) is 0 Å². The molecule has 0 N–H and O–H groups in total. The fraction of sp³-hybridized carbons (Fsp3) is 0.789. The number of carbonyl (C=O) groups excluding carboxylic acids is 2. The van der Waals surface area contributed by atoms with Crippen LogP contribution in [0.3, 0.4) is 0 Å². The Bertz CT molecular complexity index is 593. The zero-order valence-corrected chi connectivity index (χ0v) is 16.2. The summed E-state index contributed by atoms with van der Waals surface area (Å²) >= 11 is 0. The van der Waals surface area contributed by atoms with E-state index in [0.29, 0.717) is 11.8 Å². The third-order valence-corrected chi connectivity index (χ3v) is 6.89. The molecule has 0 aromatic rings. The summed E-state index contributed by atoms with van der Waals surface area (Å²) in [6.07, 6.45) is 5.92. The summed E-state index contributed by atoms with van der Waals surface area (Å²) in [5.41, 5.74) is -0.359. The SMILES string of the molecule is COC(CCN1C(=O)C=CC1=O)(OC)OOC12CC(CCC1C)C2(C)C. The molecule has 4 rings (SSSR count). The molecule has 7 heteroatoms. The fourth-order valence-electron chi connectivity index (χ4n) is 4.74. The topological polar surface area (TPSA) is 74.3 Å². The third-order valence-electron chi connectivity index (χ3n) is 6.89. The second kappa shape index (κ2) is 6.71. The molecule has 0 aromatic heterocycles. The Kier molecular flexibility index (Phi) is 5.03. The molecule has 0 spiro atoms. The predicted octanol–water partition coefficient (Wildman–Crippen LogP) is 2.41. The quantitative estimate of drug-likeness (QED) is 0.284. The molecule has 7 nitrogen and oxygen atoms in total. The molecular formula is C19H29NO6. The molecule has 1 aliphatic heterocycles. The van der Waals surface area contributed by atoms with E-state index in [1.54, 1.807) is 0 Å². The minimum atomic E-state index is -1.48. The molecule has 3 unspecified atom stereocenters. The summed E-state index contributed by atoms with van der Waals surface area (Å²) in [5, 5.41) is 0. The Morgan fingerprint density at radius 3 is 2.27 bits per heavy atom. The van der Waals surface area contributed by atoms with Gasteiger partial charge in [0, 0.05) is 38.3 Å². The van der Waals surface area contributed by atoms with Crippen LogP contribution in [0.2, 0.25) is 0 Å². The van der Waals surface area contributed by atoms with Gasteiger partial charge in [-0.2, -0.15) is 4.89 Å². The fourth-order valence-corrected chi connectivity index (χ4v) is 4.74. The van der Waals surface area contributed by atoms with Crippen molar-refractivity contribution in [2.45, 2.75) is 58.0 Å². The van der Waals surface area contributed by atoms with Gasteiger partial charge in [0.05, 0.1) is 6.42 Å². The van der Waals surface area contributed by atoms with Crippen molar-refractivity contribution in [3.63, 3.8) is 0 Å². The van der Waals surface area contributed by atoms with Crippen LogP contribution in [-0.4, -0.2) is 49.1 Å². The van der Waals surface area contributed by atoms with Gasteiger partial charge in [0.2, 0.25) is 0 Å². The highest BCUT2D eigenvalue weighted by molar-refractivity contribution is 6.12. The van der Waals surface area contributed by atoms with E-state index in [2.05, 4.69) is 20.8 Å². The van der Waals surface area contributed by atoms with Crippen molar-refractivity contribution in [1.29, 1.82) is 0 Å². The van der Waals surface area contributed by atoms with E-state index in [1.165, 1.54) is 32.8 Å². The maximum absolute atomic E-state index is 11.7. The Balaban J connectivity index is 1.66. The smallest absolute Gasteiger partial charge is 0.313 e. The first-order valence-corrected chi connectivity index (χ1v) is 9.22. The highest BCUT2D eigenvalue weighted by Gasteiger charge is 2.67. The van der Waals surface area contributed by atoms with Crippen molar-refractivity contribution >= 4 is 11.8 Å². The number of hydrogen-bond donors (Lipinski definition) is 0. The third kappa shape index (κ3) is 2.81. The Hall–Kier alpha value is -1.28. The summed E-state index contributed by atoms with van der Waals surface area (Å²) in [4.78, 5) is 36.3. The lowest BCUT2D eigenvalue weighted by Gasteiger charge is -2.66. The minimum Gasteiger partial charge on any atom is -0.329 e. The van der Waals surface area contributed by atoms with Crippen LogP contribution >= 0.6 is 0 Å². The second-order valence-electron chi connectivity index (χ2n) is 8.16. The van der Waals surface area contributed by atoms with E-state index in [4.69, 9.17) is 19.2 Å². The number of fused-ring (bicyclic) bond motifs is 2. The van der Waals surface area contributed by atoms with Gasteiger partial charge in [-0.15, -0.1) is 0 Å². The molecule has 0 saturated heterocycles. The molecule has 1 heterocycles. The molecule has 3 aliphatic carbocycles. The van der Waals surface area contributed by atoms with Crippen molar-refractivity contribution in [1.82, 2.24) is 4.90 Å². The summed E-state index contributed by atoms with van der Waals surface area (Å²) in [6, 6.07) is 0. The van der Waals surface area contributed by atoms with Crippen molar-refractivity contribution in [2.75, 3.05) is 20.8 Å². The number of ether oxygens (including phenoxy) is 2. The largest absolute Gasteiger partial charge is 0.329 e. The van der Waals surface area contributed by atoms with Crippen LogP contribution in [0.5, 0.6) is 0 Å². The van der Waals surface area contributed by atoms with Crippen molar-refractivity contribution in [3.8, 4) is 0 Å². The number of nitrogens with zero attached hydrogens (tertiary/aromatic N) is 1. The minimum absolute atomic E-state index is 0.0166. The van der Waals surface area contributed by atoms with Gasteiger partial charge in [0.15, 0.2) is 0 Å². The van der Waals surface area contributed by atoms with Crippen LogP contribution in [0, 0.1) is 17.3 Å². The Morgan fingerprint density at radius 2 is 1.77 bits per heavy atom. The van der Waals surface area contributed by atoms with E-state index in [0.717, 1.165) is 17.7 Å². The van der Waals surface area contributed by atoms with Crippen LogP contribution in [0.15, 0.2) is 12.2 Å². The maximum atomic E-state index is 11.7. The average molecular weight is 367 g/mol. The van der Waals surface area contributed by atoms with Crippen LogP contribution in [0.1, 0.15) is 46.5 Å². The lowest BCUT2D eigenvalue weighted by Crippen LogP contribution is -2.68. The average Bonchev–Trinajstić information content (AvgIpc) is 2.94.